The van der Waals surface area contributed by atoms with Crippen molar-refractivity contribution in [3.63, 3.8) is 0 Å². The predicted octanol–water partition coefficient (Wildman–Crippen LogP) is 3.32. The number of hydrazone groups is 1. The van der Waals surface area contributed by atoms with Gasteiger partial charge in [0.2, 0.25) is 0 Å². The van der Waals surface area contributed by atoms with Crippen LogP contribution < -0.4 is 15.6 Å². The molecule has 0 saturated carbocycles. The number of carbonyl (C=O) groups excluding carboxylic acids is 2. The molecule has 19 heteroatoms. The summed E-state index contributed by atoms with van der Waals surface area (Å²) >= 11 is 5.71. The van der Waals surface area contributed by atoms with Gasteiger partial charge >= 0.3 is 6.18 Å². The molecule has 2 saturated heterocycles. The average Bonchev–Trinajstić information content (AvgIpc) is 3.64. The summed E-state index contributed by atoms with van der Waals surface area (Å²) < 4.78 is 52.4. The monoisotopic (exact) mass is 801 g/mol. The van der Waals surface area contributed by atoms with Gasteiger partial charge in [0.15, 0.2) is 6.29 Å². The first-order chi connectivity index (χ1) is 26.8. The van der Waals surface area contributed by atoms with Crippen molar-refractivity contribution in [2.45, 2.75) is 69.3 Å². The van der Waals surface area contributed by atoms with Crippen molar-refractivity contribution >= 4 is 41.0 Å². The van der Waals surface area contributed by atoms with Crippen molar-refractivity contribution in [2.75, 3.05) is 29.9 Å². The fourth-order valence-electron chi connectivity index (χ4n) is 6.29. The average molecular weight is 802 g/mol. The van der Waals surface area contributed by atoms with Crippen LogP contribution in [0.15, 0.2) is 72.0 Å². The number of aliphatic hydroxyl groups is 4. The molecule has 0 radical (unpaired) electrons. The summed E-state index contributed by atoms with van der Waals surface area (Å²) in [7, 11) is 0. The lowest BCUT2D eigenvalue weighted by atomic mass is 9.99. The number of hydrogen-bond donors (Lipinski definition) is 6. The van der Waals surface area contributed by atoms with Gasteiger partial charge in [-0.1, -0.05) is 35.0 Å². The lowest BCUT2D eigenvalue weighted by Gasteiger charge is -2.39. The highest BCUT2D eigenvalue weighted by Gasteiger charge is 2.44. The second kappa shape index (κ2) is 17.9. The van der Waals surface area contributed by atoms with Gasteiger partial charge in [0.25, 0.3) is 11.8 Å². The molecule has 6 N–H and O–H groups in total. The number of anilines is 2. The lowest BCUT2D eigenvalue weighted by Crippen LogP contribution is -2.59. The zero-order valence-electron chi connectivity index (χ0n) is 29.6. The van der Waals surface area contributed by atoms with E-state index in [0.29, 0.717) is 11.3 Å². The molecule has 3 heterocycles. The van der Waals surface area contributed by atoms with Crippen LogP contribution in [-0.2, 0) is 28.8 Å². The Bertz CT molecular complexity index is 2040. The van der Waals surface area contributed by atoms with Crippen LogP contribution >= 0.6 is 11.6 Å². The molecule has 4 aromatic rings. The van der Waals surface area contributed by atoms with Crippen molar-refractivity contribution in [2.24, 2.45) is 5.10 Å². The number of ether oxygens (including phenoxy) is 2. The van der Waals surface area contributed by atoms with Crippen LogP contribution in [0.1, 0.15) is 62.4 Å². The van der Waals surface area contributed by atoms with E-state index < -0.39 is 65.9 Å². The predicted molar refractivity (Wildman–Crippen MR) is 196 cm³/mol. The van der Waals surface area contributed by atoms with Crippen LogP contribution in [0.5, 0.6) is 0 Å². The molecule has 6 rings (SSSR count). The number of nitrogens with zero attached hydrogens (tertiary/aromatic N) is 5. The molecule has 3 unspecified atom stereocenters. The van der Waals surface area contributed by atoms with Crippen molar-refractivity contribution in [1.29, 1.82) is 0 Å². The summed E-state index contributed by atoms with van der Waals surface area (Å²) in [6.07, 6.45) is -6.14. The number of rotatable bonds is 12. The van der Waals surface area contributed by atoms with E-state index in [2.05, 4.69) is 31.1 Å². The molecule has 0 bridgehead atoms. The first-order valence-corrected chi connectivity index (χ1v) is 18.0. The Morgan fingerprint density at radius 3 is 2.54 bits per heavy atom. The maximum Gasteiger partial charge on any atom is 0.417 e. The zero-order chi connectivity index (χ0) is 40.0. The summed E-state index contributed by atoms with van der Waals surface area (Å²) in [5.74, 6) is -1.23. The lowest BCUT2D eigenvalue weighted by molar-refractivity contribution is -0.304. The Hall–Kier alpha value is -4.95. The molecule has 2 aliphatic heterocycles. The van der Waals surface area contributed by atoms with Gasteiger partial charge in [-0.2, -0.15) is 18.3 Å². The van der Waals surface area contributed by atoms with Crippen LogP contribution in [0.3, 0.4) is 0 Å². The minimum absolute atomic E-state index is 0.0565. The Balaban J connectivity index is 1.13. The molecule has 0 aliphatic carbocycles. The Morgan fingerprint density at radius 1 is 1.00 bits per heavy atom. The summed E-state index contributed by atoms with van der Waals surface area (Å²) in [4.78, 5) is 29.2. The number of alkyl halides is 3. The smallest absolute Gasteiger partial charge is 0.394 e. The van der Waals surface area contributed by atoms with Crippen LogP contribution in [0.4, 0.5) is 24.5 Å². The molecular formula is C37H39ClF3N7O8. The highest BCUT2D eigenvalue weighted by atomic mass is 35.5. The first-order valence-electron chi connectivity index (χ1n) is 17.6. The number of benzene rings is 3. The summed E-state index contributed by atoms with van der Waals surface area (Å²) in [5.41, 5.74) is 3.68. The number of hydrogen-bond acceptors (Lipinski definition) is 12. The maximum atomic E-state index is 13.6. The van der Waals surface area contributed by atoms with E-state index in [9.17, 15) is 43.2 Å². The van der Waals surface area contributed by atoms with Gasteiger partial charge in [-0.3, -0.25) is 9.59 Å². The van der Waals surface area contributed by atoms with E-state index in [0.717, 1.165) is 56.4 Å². The van der Waals surface area contributed by atoms with E-state index in [-0.39, 0.29) is 35.5 Å². The summed E-state index contributed by atoms with van der Waals surface area (Å²) in [6.45, 7) is 0.995. The van der Waals surface area contributed by atoms with Gasteiger partial charge in [0, 0.05) is 24.3 Å². The Labute approximate surface area is 323 Å². The Kier molecular flexibility index (Phi) is 13.0. The highest BCUT2D eigenvalue weighted by molar-refractivity contribution is 6.31. The van der Waals surface area contributed by atoms with Gasteiger partial charge in [0.1, 0.15) is 30.1 Å². The number of amides is 2. The first kappa shape index (κ1) is 40.7. The molecule has 298 valence electrons. The number of aliphatic hydroxyl groups excluding tert-OH is 4. The van der Waals surface area contributed by atoms with Gasteiger partial charge in [-0.25, -0.2) is 10.1 Å². The third-order valence-corrected chi connectivity index (χ3v) is 9.59. The van der Waals surface area contributed by atoms with E-state index in [1.54, 1.807) is 48.7 Å². The largest absolute Gasteiger partial charge is 0.417 e. The van der Waals surface area contributed by atoms with E-state index in [4.69, 9.17) is 21.1 Å². The molecular weight excluding hydrogens is 763 g/mol. The number of halogens is 4. The van der Waals surface area contributed by atoms with Crippen molar-refractivity contribution in [3.05, 3.63) is 105 Å². The van der Waals surface area contributed by atoms with E-state index >= 15 is 0 Å². The summed E-state index contributed by atoms with van der Waals surface area (Å²) in [5, 5.41) is 53.8. The minimum atomic E-state index is -4.68. The third-order valence-electron chi connectivity index (χ3n) is 9.26. The van der Waals surface area contributed by atoms with Crippen LogP contribution in [0, 0.1) is 0 Å². The molecule has 2 aliphatic rings. The molecule has 56 heavy (non-hydrogen) atoms. The maximum absolute atomic E-state index is 13.6. The fourth-order valence-corrected chi connectivity index (χ4v) is 6.52. The van der Waals surface area contributed by atoms with Gasteiger partial charge in [-0.15, -0.1) is 5.10 Å². The topological polar surface area (TPSA) is 204 Å². The molecule has 2 fully saturated rings. The Morgan fingerprint density at radius 2 is 1.79 bits per heavy atom. The van der Waals surface area contributed by atoms with Crippen LogP contribution in [0.25, 0.3) is 0 Å². The van der Waals surface area contributed by atoms with E-state index in [1.165, 1.54) is 10.7 Å². The van der Waals surface area contributed by atoms with Crippen LogP contribution in [-0.4, -0.2) is 104 Å². The SMILES string of the molecule is O=C(Nc1ccc(N2CCCCC2)cc1C(=O)NN=Cc1ccc(Cl)c(C(F)(F)F)c1)c1cccc(Cn2cc(COC3OC(CO)[C@H](O)C(O)[C@@H]3O)nn2)c1. The molecule has 15 nitrogen and oxygen atoms in total. The standard InChI is InChI=1S/C37H39ClF3N7O8/c38-28-9-7-21(14-27(28)37(39,40)41)16-42-45-35(54)26-15-25(47-11-2-1-3-12-47)8-10-29(26)43-34(53)23-6-4-5-22(13-23)17-48-18-24(44-46-48)20-55-36-33(52)32(51)31(50)30(19-49)56-36/h4-10,13-16,18,30-33,36,49-52H,1-3,11-12,17,19-20H2,(H,43,53)(H,45,54)/t30?,31-,32?,33-,36?/m0/s1. The molecule has 5 atom stereocenters. The van der Waals surface area contributed by atoms with Gasteiger partial charge in [0.05, 0.1) is 54.0 Å². The van der Waals surface area contributed by atoms with Crippen molar-refractivity contribution in [3.8, 4) is 0 Å². The molecule has 1 aromatic heterocycles. The second-order valence-corrected chi connectivity index (χ2v) is 13.7. The third kappa shape index (κ3) is 9.88. The fraction of sp³-hybridized carbons (Fsp3) is 0.378. The van der Waals surface area contributed by atoms with Crippen LogP contribution in [0.2, 0.25) is 5.02 Å². The summed E-state index contributed by atoms with van der Waals surface area (Å²) in [6, 6.07) is 15.0. The highest BCUT2D eigenvalue weighted by Crippen LogP contribution is 2.35. The molecule has 0 spiro atoms. The minimum Gasteiger partial charge on any atom is -0.394 e. The molecule has 3 aromatic carbocycles. The van der Waals surface area contributed by atoms with E-state index in [1.807, 2.05) is 0 Å². The number of piperidine rings is 1. The molecule has 2 amide bonds. The van der Waals surface area contributed by atoms with Gasteiger partial charge in [-0.05, 0) is 72.9 Å². The number of nitrogens with one attached hydrogen (secondary N) is 2. The quantitative estimate of drug-likeness (QED) is 0.0907. The zero-order valence-corrected chi connectivity index (χ0v) is 30.4. The van der Waals surface area contributed by atoms with Crippen molar-refractivity contribution < 1.29 is 52.7 Å². The second-order valence-electron chi connectivity index (χ2n) is 13.3. The number of carbonyl (C=O) groups is 2. The number of aromatic nitrogens is 3. The van der Waals surface area contributed by atoms with Gasteiger partial charge < -0.3 is 40.1 Å². The van der Waals surface area contributed by atoms with Crippen molar-refractivity contribution in [1.82, 2.24) is 20.4 Å². The normalized spacial score (nSPS) is 21.6.